The standard InChI is InChI=1S/C13H13N3OS/c1-13(2)16-11(17)10(8-14)12(18-13)15-9-6-4-3-5-7-9/h3-7,15H,1-2H3,(H,16,17)/i1D3,2D3. The predicted molar refractivity (Wildman–Crippen MR) is 72.5 cm³/mol. The van der Waals surface area contributed by atoms with Gasteiger partial charge in [-0.1, -0.05) is 30.0 Å². The summed E-state index contributed by atoms with van der Waals surface area (Å²) in [6.07, 6.45) is 0. The maximum atomic E-state index is 12.2. The Morgan fingerprint density at radius 1 is 1.44 bits per heavy atom. The fourth-order valence-electron chi connectivity index (χ4n) is 1.40. The number of thioether (sulfide) groups is 1. The fourth-order valence-corrected chi connectivity index (χ4v) is 2.26. The molecule has 18 heavy (non-hydrogen) atoms. The number of nitrogens with one attached hydrogen (secondary N) is 2. The molecule has 4 nitrogen and oxygen atoms in total. The molecular weight excluding hydrogens is 246 g/mol. The summed E-state index contributed by atoms with van der Waals surface area (Å²) in [6, 6.07) is 10.1. The molecule has 0 unspecified atom stereocenters. The van der Waals surface area contributed by atoms with Crippen LogP contribution in [0.25, 0.3) is 0 Å². The average molecular weight is 265 g/mol. The SMILES string of the molecule is [2H]C([2H])([2H])C1(C([2H])([2H])[2H])NC(=O)C(C#N)=C(Nc2ccccc2)S1. The van der Waals surface area contributed by atoms with E-state index in [0.29, 0.717) is 17.4 Å². The first-order valence-corrected chi connectivity index (χ1v) is 5.81. The quantitative estimate of drug-likeness (QED) is 0.862. The zero-order valence-corrected chi connectivity index (χ0v) is 9.97. The van der Waals surface area contributed by atoms with Gasteiger partial charge >= 0.3 is 0 Å². The van der Waals surface area contributed by atoms with Crippen molar-refractivity contribution in [1.29, 1.82) is 5.26 Å². The van der Waals surface area contributed by atoms with Crippen molar-refractivity contribution in [1.82, 2.24) is 5.32 Å². The Morgan fingerprint density at radius 2 is 2.17 bits per heavy atom. The van der Waals surface area contributed by atoms with Gasteiger partial charge in [-0.3, -0.25) is 4.79 Å². The van der Waals surface area contributed by atoms with Crippen molar-refractivity contribution < 1.29 is 13.0 Å². The van der Waals surface area contributed by atoms with Crippen LogP contribution in [-0.2, 0) is 4.79 Å². The Hall–Kier alpha value is -1.93. The van der Waals surface area contributed by atoms with Gasteiger partial charge in [0.25, 0.3) is 5.91 Å². The maximum Gasteiger partial charge on any atom is 0.265 e. The first-order valence-electron chi connectivity index (χ1n) is 8.00. The van der Waals surface area contributed by atoms with Crippen molar-refractivity contribution in [3.05, 3.63) is 40.9 Å². The van der Waals surface area contributed by atoms with E-state index in [9.17, 15) is 10.1 Å². The van der Waals surface area contributed by atoms with Gasteiger partial charge in [-0.15, -0.1) is 0 Å². The van der Waals surface area contributed by atoms with Gasteiger partial charge in [0.05, 0.1) is 9.90 Å². The van der Waals surface area contributed by atoms with Crippen LogP contribution < -0.4 is 10.6 Å². The molecule has 2 N–H and O–H groups in total. The van der Waals surface area contributed by atoms with Crippen LogP contribution in [0.5, 0.6) is 0 Å². The monoisotopic (exact) mass is 265 g/mol. The smallest absolute Gasteiger partial charge is 0.265 e. The Kier molecular flexibility index (Phi) is 1.81. The molecule has 0 aliphatic carbocycles. The molecule has 0 saturated heterocycles. The molecule has 2 rings (SSSR count). The van der Waals surface area contributed by atoms with Gasteiger partial charge in [-0.2, -0.15) is 5.26 Å². The molecular formula is C13H13N3OS. The van der Waals surface area contributed by atoms with Crippen LogP contribution in [0.4, 0.5) is 5.69 Å². The van der Waals surface area contributed by atoms with Crippen LogP contribution >= 0.6 is 11.8 Å². The van der Waals surface area contributed by atoms with E-state index >= 15 is 0 Å². The lowest BCUT2D eigenvalue weighted by atomic mass is 10.2. The summed E-state index contributed by atoms with van der Waals surface area (Å²) in [5, 5.41) is 13.8. The second-order valence-corrected chi connectivity index (χ2v) is 4.77. The van der Waals surface area contributed by atoms with Crippen molar-refractivity contribution in [2.24, 2.45) is 0 Å². The summed E-state index contributed by atoms with van der Waals surface area (Å²) in [5.74, 6) is -1.04. The van der Waals surface area contributed by atoms with Gasteiger partial charge < -0.3 is 10.6 Å². The molecule has 1 aliphatic rings. The molecule has 0 saturated carbocycles. The summed E-state index contributed by atoms with van der Waals surface area (Å²) < 4.78 is 45.7. The second-order valence-electron chi connectivity index (χ2n) is 3.54. The number of anilines is 1. The molecule has 1 aromatic rings. The van der Waals surface area contributed by atoms with E-state index in [1.54, 1.807) is 36.4 Å². The normalized spacial score (nSPS) is 24.3. The Bertz CT molecular complexity index is 706. The van der Waals surface area contributed by atoms with E-state index in [2.05, 4.69) is 5.32 Å². The van der Waals surface area contributed by atoms with Crippen LogP contribution in [0.2, 0.25) is 0 Å². The third-order valence-corrected chi connectivity index (χ3v) is 3.06. The lowest BCUT2D eigenvalue weighted by Gasteiger charge is -2.31. The molecule has 5 heteroatoms. The zero-order chi connectivity index (χ0) is 18.2. The fraction of sp³-hybridized carbons (Fsp3) is 0.231. The third-order valence-electron chi connectivity index (χ3n) is 2.14. The number of nitriles is 1. The molecule has 0 aromatic heterocycles. The van der Waals surface area contributed by atoms with Crippen LogP contribution in [0, 0.1) is 11.3 Å². The molecule has 0 fully saturated rings. The molecule has 0 radical (unpaired) electrons. The minimum Gasteiger partial charge on any atom is -0.349 e. The highest BCUT2D eigenvalue weighted by atomic mass is 32.2. The number of para-hydroxylation sites is 1. The number of hydrogen-bond acceptors (Lipinski definition) is 4. The van der Waals surface area contributed by atoms with Crippen LogP contribution in [-0.4, -0.2) is 10.8 Å². The van der Waals surface area contributed by atoms with Crippen molar-refractivity contribution >= 4 is 23.4 Å². The second kappa shape index (κ2) is 4.75. The van der Waals surface area contributed by atoms with Crippen molar-refractivity contribution in [2.75, 3.05) is 5.32 Å². The first kappa shape index (κ1) is 6.86. The van der Waals surface area contributed by atoms with Gasteiger partial charge in [-0.25, -0.2) is 0 Å². The van der Waals surface area contributed by atoms with Crippen LogP contribution in [0.15, 0.2) is 40.9 Å². The predicted octanol–water partition coefficient (Wildman–Crippen LogP) is 2.43. The number of nitrogens with zero attached hydrogens (tertiary/aromatic N) is 1. The minimum absolute atomic E-state index is 0.111. The zero-order valence-electron chi connectivity index (χ0n) is 15.2. The number of carbonyl (C=O) groups is 1. The van der Waals surface area contributed by atoms with Gasteiger partial charge in [-0.05, 0) is 25.8 Å². The topological polar surface area (TPSA) is 64.9 Å². The van der Waals surface area contributed by atoms with E-state index in [1.807, 2.05) is 5.32 Å². The molecule has 0 spiro atoms. The maximum absolute atomic E-state index is 12.2. The van der Waals surface area contributed by atoms with E-state index in [-0.39, 0.29) is 10.6 Å². The van der Waals surface area contributed by atoms with Crippen LogP contribution in [0.1, 0.15) is 21.9 Å². The average Bonchev–Trinajstić information content (AvgIpc) is 2.45. The van der Waals surface area contributed by atoms with Gasteiger partial charge in [0.15, 0.2) is 0 Å². The molecule has 92 valence electrons. The Morgan fingerprint density at radius 3 is 2.78 bits per heavy atom. The highest BCUT2D eigenvalue weighted by Gasteiger charge is 2.33. The van der Waals surface area contributed by atoms with Crippen molar-refractivity contribution in [3.63, 3.8) is 0 Å². The number of amides is 1. The summed E-state index contributed by atoms with van der Waals surface area (Å²) in [4.78, 5) is 9.64. The molecule has 1 aliphatic heterocycles. The number of benzene rings is 1. The summed E-state index contributed by atoms with van der Waals surface area (Å²) in [5.41, 5.74) is 0.125. The number of carbonyl (C=O) groups excluding carboxylic acids is 1. The van der Waals surface area contributed by atoms with Gasteiger partial charge in [0.2, 0.25) is 0 Å². The van der Waals surface area contributed by atoms with E-state index in [1.165, 1.54) is 0 Å². The van der Waals surface area contributed by atoms with E-state index in [4.69, 9.17) is 8.22 Å². The molecule has 1 aromatic carbocycles. The summed E-state index contributed by atoms with van der Waals surface area (Å²) in [6.45, 7) is -6.05. The summed E-state index contributed by atoms with van der Waals surface area (Å²) in [7, 11) is 0. The lowest BCUT2D eigenvalue weighted by molar-refractivity contribution is -0.118. The highest BCUT2D eigenvalue weighted by Crippen LogP contribution is 2.35. The van der Waals surface area contributed by atoms with Crippen molar-refractivity contribution in [2.45, 2.75) is 18.6 Å². The minimum atomic E-state index is -3.02. The van der Waals surface area contributed by atoms with E-state index in [0.717, 1.165) is 0 Å². The molecule has 1 amide bonds. The van der Waals surface area contributed by atoms with Crippen molar-refractivity contribution in [3.8, 4) is 6.07 Å². The van der Waals surface area contributed by atoms with Gasteiger partial charge in [0.1, 0.15) is 11.6 Å². The number of rotatable bonds is 2. The Labute approximate surface area is 118 Å². The first-order chi connectivity index (χ1) is 11.0. The summed E-state index contributed by atoms with van der Waals surface area (Å²) >= 11 is 0.413. The molecule has 1 heterocycles. The van der Waals surface area contributed by atoms with Crippen LogP contribution in [0.3, 0.4) is 0 Å². The Balaban J connectivity index is 2.55. The highest BCUT2D eigenvalue weighted by molar-refractivity contribution is 8.04. The molecule has 0 bridgehead atoms. The lowest BCUT2D eigenvalue weighted by Crippen LogP contribution is -2.45. The third kappa shape index (κ3) is 2.66. The number of hydrogen-bond donors (Lipinski definition) is 2. The van der Waals surface area contributed by atoms with Gasteiger partial charge in [0, 0.05) is 13.9 Å². The molecule has 0 atom stereocenters. The van der Waals surface area contributed by atoms with E-state index < -0.39 is 24.5 Å². The largest absolute Gasteiger partial charge is 0.349 e.